The van der Waals surface area contributed by atoms with Crippen LogP contribution in [0, 0.1) is 0 Å². The summed E-state index contributed by atoms with van der Waals surface area (Å²) in [7, 11) is 0. The van der Waals surface area contributed by atoms with Crippen LogP contribution in [-0.4, -0.2) is 51.2 Å². The third kappa shape index (κ3) is 6.26. The number of carboxylic acid groups (broad SMARTS) is 2. The smallest absolute Gasteiger partial charge is 0.414 e. The predicted octanol–water partition coefficient (Wildman–Crippen LogP) is 0.160. The number of nitrogens with zero attached hydrogens (tertiary/aromatic N) is 2. The summed E-state index contributed by atoms with van der Waals surface area (Å²) in [5.74, 6) is -3.65. The average Bonchev–Trinajstić information content (AvgIpc) is 2.43. The lowest BCUT2D eigenvalue weighted by Crippen LogP contribution is -2.39. The van der Waals surface area contributed by atoms with Gasteiger partial charge in [-0.05, 0) is 37.6 Å². The summed E-state index contributed by atoms with van der Waals surface area (Å²) in [4.78, 5) is 24.8. The summed E-state index contributed by atoms with van der Waals surface area (Å²) in [6, 6.07) is 4.53. The fraction of sp³-hybridized carbons (Fsp3) is 0.462. The summed E-state index contributed by atoms with van der Waals surface area (Å²) in [5, 5.41) is 14.8. The van der Waals surface area contributed by atoms with Gasteiger partial charge in [0.05, 0.1) is 0 Å². The van der Waals surface area contributed by atoms with Crippen LogP contribution in [0.25, 0.3) is 0 Å². The maximum absolute atomic E-state index is 9.10. The van der Waals surface area contributed by atoms with E-state index in [0.29, 0.717) is 6.04 Å². The lowest BCUT2D eigenvalue weighted by Gasteiger charge is -2.29. The normalized spacial score (nSPS) is 16.1. The molecule has 1 fully saturated rings. The van der Waals surface area contributed by atoms with Gasteiger partial charge in [0, 0.05) is 25.0 Å². The van der Waals surface area contributed by atoms with E-state index >= 15 is 0 Å². The molecular weight excluding hydrogens is 262 g/mol. The predicted molar refractivity (Wildman–Crippen MR) is 72.0 cm³/mol. The van der Waals surface area contributed by atoms with Crippen LogP contribution in [-0.2, 0) is 16.1 Å². The number of hydrogen-bond acceptors (Lipinski definition) is 5. The van der Waals surface area contributed by atoms with Gasteiger partial charge in [0.1, 0.15) is 0 Å². The van der Waals surface area contributed by atoms with Gasteiger partial charge in [-0.25, -0.2) is 9.59 Å². The molecule has 2 rings (SSSR count). The molecule has 4 N–H and O–H groups in total. The number of carbonyl (C=O) groups is 2. The third-order valence-electron chi connectivity index (χ3n) is 2.94. The van der Waals surface area contributed by atoms with Crippen molar-refractivity contribution in [2.45, 2.75) is 25.4 Å². The first-order valence-electron chi connectivity index (χ1n) is 6.32. The molecule has 0 saturated carbocycles. The van der Waals surface area contributed by atoms with Gasteiger partial charge in [-0.2, -0.15) is 0 Å². The van der Waals surface area contributed by atoms with Crippen molar-refractivity contribution >= 4 is 11.9 Å². The first-order chi connectivity index (χ1) is 9.49. The van der Waals surface area contributed by atoms with Gasteiger partial charge in [0.2, 0.25) is 0 Å². The molecule has 0 atom stereocenters. The molecular formula is C13H19N3O4. The Kier molecular flexibility index (Phi) is 6.61. The van der Waals surface area contributed by atoms with Crippen molar-refractivity contribution in [1.29, 1.82) is 0 Å². The van der Waals surface area contributed by atoms with Gasteiger partial charge in [0.25, 0.3) is 0 Å². The topological polar surface area (TPSA) is 117 Å². The molecule has 2 heterocycles. The molecule has 0 aromatic carbocycles. The summed E-state index contributed by atoms with van der Waals surface area (Å²) in [6.07, 6.45) is 6.00. The fourth-order valence-corrected chi connectivity index (χ4v) is 1.86. The standard InChI is InChI=1S/C11H17N3.C2H2O4/c12-11-3-6-14(7-4-11)9-10-2-1-5-13-8-10;3-1(4)2(5)6/h1-2,5,8,11H,3-4,6-7,9,12H2;(H,3,4)(H,5,6). The van der Waals surface area contributed by atoms with Gasteiger partial charge in [-0.1, -0.05) is 6.07 Å². The van der Waals surface area contributed by atoms with Crippen molar-refractivity contribution in [3.8, 4) is 0 Å². The zero-order valence-corrected chi connectivity index (χ0v) is 11.1. The van der Waals surface area contributed by atoms with Crippen LogP contribution >= 0.6 is 0 Å². The number of rotatable bonds is 2. The summed E-state index contributed by atoms with van der Waals surface area (Å²) >= 11 is 0. The summed E-state index contributed by atoms with van der Waals surface area (Å²) < 4.78 is 0. The molecule has 110 valence electrons. The monoisotopic (exact) mass is 281 g/mol. The Morgan fingerprint density at radius 1 is 1.30 bits per heavy atom. The second kappa shape index (κ2) is 8.23. The highest BCUT2D eigenvalue weighted by atomic mass is 16.4. The minimum atomic E-state index is -1.82. The zero-order chi connectivity index (χ0) is 15.0. The lowest BCUT2D eigenvalue weighted by atomic mass is 10.1. The molecule has 20 heavy (non-hydrogen) atoms. The molecule has 7 heteroatoms. The molecule has 0 spiro atoms. The number of nitrogens with two attached hydrogens (primary N) is 1. The van der Waals surface area contributed by atoms with Crippen LogP contribution in [0.1, 0.15) is 18.4 Å². The molecule has 1 aliphatic heterocycles. The van der Waals surface area contributed by atoms with Crippen molar-refractivity contribution in [2.75, 3.05) is 13.1 Å². The maximum Gasteiger partial charge on any atom is 0.414 e. The summed E-state index contributed by atoms with van der Waals surface area (Å²) in [5.41, 5.74) is 7.15. The molecule has 0 amide bonds. The van der Waals surface area contributed by atoms with E-state index in [1.54, 1.807) is 0 Å². The van der Waals surface area contributed by atoms with Gasteiger partial charge in [0.15, 0.2) is 0 Å². The molecule has 0 radical (unpaired) electrons. The first kappa shape index (κ1) is 16.1. The van der Waals surface area contributed by atoms with Crippen molar-refractivity contribution < 1.29 is 19.8 Å². The van der Waals surface area contributed by atoms with Crippen LogP contribution in [0.5, 0.6) is 0 Å². The van der Waals surface area contributed by atoms with Gasteiger partial charge < -0.3 is 15.9 Å². The van der Waals surface area contributed by atoms with Crippen molar-refractivity contribution in [3.05, 3.63) is 30.1 Å². The molecule has 0 aliphatic carbocycles. The highest BCUT2D eigenvalue weighted by molar-refractivity contribution is 6.27. The Bertz CT molecular complexity index is 419. The van der Waals surface area contributed by atoms with Gasteiger partial charge in [-0.3, -0.25) is 9.88 Å². The third-order valence-corrected chi connectivity index (χ3v) is 2.94. The van der Waals surface area contributed by atoms with Crippen LogP contribution in [0.4, 0.5) is 0 Å². The number of aliphatic carboxylic acids is 2. The quantitative estimate of drug-likeness (QED) is 0.661. The van der Waals surface area contributed by atoms with E-state index in [0.717, 1.165) is 32.5 Å². The minimum absolute atomic E-state index is 0.417. The molecule has 0 unspecified atom stereocenters. The number of likely N-dealkylation sites (tertiary alicyclic amines) is 1. The van der Waals surface area contributed by atoms with E-state index in [1.807, 2.05) is 18.5 Å². The Balaban J connectivity index is 0.000000286. The molecule has 1 aliphatic rings. The second-order valence-corrected chi connectivity index (χ2v) is 4.59. The number of aromatic nitrogens is 1. The number of hydrogen-bond donors (Lipinski definition) is 3. The number of piperidine rings is 1. The van der Waals surface area contributed by atoms with E-state index in [9.17, 15) is 0 Å². The van der Waals surface area contributed by atoms with E-state index in [1.165, 1.54) is 5.56 Å². The Morgan fingerprint density at radius 3 is 2.35 bits per heavy atom. The molecule has 0 bridgehead atoms. The van der Waals surface area contributed by atoms with Crippen LogP contribution in [0.15, 0.2) is 24.5 Å². The van der Waals surface area contributed by atoms with Crippen LogP contribution in [0.3, 0.4) is 0 Å². The zero-order valence-electron chi connectivity index (χ0n) is 11.1. The van der Waals surface area contributed by atoms with Gasteiger partial charge in [-0.15, -0.1) is 0 Å². The first-order valence-corrected chi connectivity index (χ1v) is 6.32. The van der Waals surface area contributed by atoms with Crippen molar-refractivity contribution in [1.82, 2.24) is 9.88 Å². The highest BCUT2D eigenvalue weighted by Gasteiger charge is 2.15. The van der Waals surface area contributed by atoms with E-state index in [4.69, 9.17) is 25.5 Å². The molecule has 1 saturated heterocycles. The Morgan fingerprint density at radius 2 is 1.90 bits per heavy atom. The molecule has 7 nitrogen and oxygen atoms in total. The van der Waals surface area contributed by atoms with Crippen molar-refractivity contribution in [2.24, 2.45) is 5.73 Å². The Labute approximate surface area is 117 Å². The second-order valence-electron chi connectivity index (χ2n) is 4.59. The molecule has 1 aromatic rings. The lowest BCUT2D eigenvalue weighted by molar-refractivity contribution is -0.159. The van der Waals surface area contributed by atoms with E-state index < -0.39 is 11.9 Å². The SMILES string of the molecule is NC1CCN(Cc2cccnc2)CC1.O=C(O)C(=O)O. The number of pyridine rings is 1. The van der Waals surface area contributed by atoms with Gasteiger partial charge >= 0.3 is 11.9 Å². The minimum Gasteiger partial charge on any atom is -0.473 e. The van der Waals surface area contributed by atoms with Crippen LogP contribution < -0.4 is 5.73 Å². The van der Waals surface area contributed by atoms with E-state index in [-0.39, 0.29) is 0 Å². The maximum atomic E-state index is 9.10. The fourth-order valence-electron chi connectivity index (χ4n) is 1.86. The number of carboxylic acids is 2. The summed E-state index contributed by atoms with van der Waals surface area (Å²) in [6.45, 7) is 3.26. The Hall–Kier alpha value is -1.99. The van der Waals surface area contributed by atoms with Crippen molar-refractivity contribution in [3.63, 3.8) is 0 Å². The largest absolute Gasteiger partial charge is 0.473 e. The average molecular weight is 281 g/mol. The highest BCUT2D eigenvalue weighted by Crippen LogP contribution is 2.11. The van der Waals surface area contributed by atoms with E-state index in [2.05, 4.69) is 16.0 Å². The molecule has 1 aromatic heterocycles. The van der Waals surface area contributed by atoms with Crippen LogP contribution in [0.2, 0.25) is 0 Å².